The standard InChI is InChI=1S/C16H26N2O3/c1-11(17)16(12-7-5-6-8-13(12)19-2)18-9-14(20-3)15(10-18)21-4/h5-8,11,14-16H,9-10,17H2,1-4H3. The lowest BCUT2D eigenvalue weighted by Crippen LogP contribution is -2.39. The molecule has 5 nitrogen and oxygen atoms in total. The zero-order valence-electron chi connectivity index (χ0n) is 13.3. The fourth-order valence-electron chi connectivity index (χ4n) is 3.17. The average molecular weight is 294 g/mol. The van der Waals surface area contributed by atoms with E-state index in [0.29, 0.717) is 0 Å². The molecule has 4 unspecified atom stereocenters. The summed E-state index contributed by atoms with van der Waals surface area (Å²) in [5, 5.41) is 0. The second-order valence-electron chi connectivity index (χ2n) is 5.55. The highest BCUT2D eigenvalue weighted by molar-refractivity contribution is 5.37. The van der Waals surface area contributed by atoms with E-state index in [0.717, 1.165) is 24.4 Å². The van der Waals surface area contributed by atoms with Gasteiger partial charge in [-0.05, 0) is 13.0 Å². The Morgan fingerprint density at radius 3 is 2.14 bits per heavy atom. The molecule has 1 aliphatic rings. The summed E-state index contributed by atoms with van der Waals surface area (Å²) >= 11 is 0. The van der Waals surface area contributed by atoms with Gasteiger partial charge < -0.3 is 19.9 Å². The smallest absolute Gasteiger partial charge is 0.123 e. The van der Waals surface area contributed by atoms with Crippen molar-refractivity contribution in [3.05, 3.63) is 29.8 Å². The molecule has 1 aromatic carbocycles. The van der Waals surface area contributed by atoms with E-state index >= 15 is 0 Å². The van der Waals surface area contributed by atoms with Crippen LogP contribution in [0, 0.1) is 0 Å². The van der Waals surface area contributed by atoms with Gasteiger partial charge >= 0.3 is 0 Å². The van der Waals surface area contributed by atoms with E-state index in [9.17, 15) is 0 Å². The van der Waals surface area contributed by atoms with Crippen molar-refractivity contribution in [1.82, 2.24) is 4.90 Å². The summed E-state index contributed by atoms with van der Waals surface area (Å²) in [5.74, 6) is 0.870. The van der Waals surface area contributed by atoms with Crippen molar-refractivity contribution in [2.75, 3.05) is 34.4 Å². The van der Waals surface area contributed by atoms with E-state index in [2.05, 4.69) is 11.0 Å². The van der Waals surface area contributed by atoms with Gasteiger partial charge in [-0.2, -0.15) is 0 Å². The average Bonchev–Trinajstić information content (AvgIpc) is 2.90. The van der Waals surface area contributed by atoms with Crippen molar-refractivity contribution < 1.29 is 14.2 Å². The predicted octanol–water partition coefficient (Wildman–Crippen LogP) is 1.43. The van der Waals surface area contributed by atoms with Crippen LogP contribution >= 0.6 is 0 Å². The molecule has 0 radical (unpaired) electrons. The van der Waals surface area contributed by atoms with E-state index in [-0.39, 0.29) is 24.3 Å². The third-order valence-electron chi connectivity index (χ3n) is 4.20. The van der Waals surface area contributed by atoms with Gasteiger partial charge in [-0.1, -0.05) is 18.2 Å². The molecule has 0 amide bonds. The highest BCUT2D eigenvalue weighted by Gasteiger charge is 2.38. The van der Waals surface area contributed by atoms with Gasteiger partial charge in [0.15, 0.2) is 0 Å². The minimum atomic E-state index is -0.0191. The molecular formula is C16H26N2O3. The Labute approximate surface area is 127 Å². The van der Waals surface area contributed by atoms with Crippen LogP contribution in [-0.2, 0) is 9.47 Å². The highest BCUT2D eigenvalue weighted by Crippen LogP contribution is 2.34. The molecule has 0 bridgehead atoms. The molecule has 1 saturated heterocycles. The summed E-state index contributed by atoms with van der Waals surface area (Å²) in [6.07, 6.45) is 0.150. The molecule has 118 valence electrons. The predicted molar refractivity (Wildman–Crippen MR) is 82.6 cm³/mol. The topological polar surface area (TPSA) is 57.0 Å². The van der Waals surface area contributed by atoms with E-state index in [1.165, 1.54) is 0 Å². The van der Waals surface area contributed by atoms with Crippen molar-refractivity contribution in [2.45, 2.75) is 31.2 Å². The van der Waals surface area contributed by atoms with Gasteiger partial charge in [-0.3, -0.25) is 4.90 Å². The largest absolute Gasteiger partial charge is 0.496 e. The maximum absolute atomic E-state index is 6.27. The maximum atomic E-state index is 6.27. The molecule has 21 heavy (non-hydrogen) atoms. The molecule has 0 saturated carbocycles. The van der Waals surface area contributed by atoms with Gasteiger partial charge in [-0.25, -0.2) is 0 Å². The first kappa shape index (κ1) is 16.2. The summed E-state index contributed by atoms with van der Waals surface area (Å²) < 4.78 is 16.6. The highest BCUT2D eigenvalue weighted by atomic mass is 16.5. The van der Waals surface area contributed by atoms with Gasteiger partial charge in [0.05, 0.1) is 25.4 Å². The van der Waals surface area contributed by atoms with Crippen LogP contribution in [0.5, 0.6) is 5.75 Å². The maximum Gasteiger partial charge on any atom is 0.123 e. The molecule has 2 rings (SSSR count). The lowest BCUT2D eigenvalue weighted by molar-refractivity contribution is -0.00461. The van der Waals surface area contributed by atoms with Crippen LogP contribution in [0.2, 0.25) is 0 Å². The third-order valence-corrected chi connectivity index (χ3v) is 4.20. The number of methoxy groups -OCH3 is 3. The number of nitrogens with two attached hydrogens (primary N) is 1. The van der Waals surface area contributed by atoms with Gasteiger partial charge in [0.1, 0.15) is 5.75 Å². The summed E-state index contributed by atoms with van der Waals surface area (Å²) in [5.41, 5.74) is 7.38. The van der Waals surface area contributed by atoms with Crippen molar-refractivity contribution in [3.8, 4) is 5.75 Å². The zero-order chi connectivity index (χ0) is 15.4. The number of hydrogen-bond acceptors (Lipinski definition) is 5. The van der Waals surface area contributed by atoms with Gasteiger partial charge in [0, 0.05) is 38.9 Å². The SMILES string of the molecule is COc1ccccc1C(C(C)N)N1CC(OC)C(OC)C1. The molecule has 2 N–H and O–H groups in total. The lowest BCUT2D eigenvalue weighted by atomic mass is 9.98. The summed E-state index contributed by atoms with van der Waals surface area (Å²) in [6, 6.07) is 8.11. The van der Waals surface area contributed by atoms with Crippen LogP contribution in [-0.4, -0.2) is 57.6 Å². The minimum Gasteiger partial charge on any atom is -0.496 e. The second kappa shape index (κ2) is 7.22. The van der Waals surface area contributed by atoms with Crippen LogP contribution in [0.25, 0.3) is 0 Å². The Bertz CT molecular complexity index is 441. The zero-order valence-corrected chi connectivity index (χ0v) is 13.3. The van der Waals surface area contributed by atoms with Crippen molar-refractivity contribution in [3.63, 3.8) is 0 Å². The molecule has 1 aromatic rings. The lowest BCUT2D eigenvalue weighted by Gasteiger charge is -2.32. The number of hydrogen-bond donors (Lipinski definition) is 1. The first-order valence-corrected chi connectivity index (χ1v) is 7.30. The number of rotatable bonds is 6. The summed E-state index contributed by atoms with van der Waals surface area (Å²) in [7, 11) is 5.14. The monoisotopic (exact) mass is 294 g/mol. The Kier molecular flexibility index (Phi) is 5.58. The van der Waals surface area contributed by atoms with Crippen LogP contribution < -0.4 is 10.5 Å². The molecule has 4 atom stereocenters. The van der Waals surface area contributed by atoms with Crippen LogP contribution in [0.1, 0.15) is 18.5 Å². The molecule has 0 aromatic heterocycles. The van der Waals surface area contributed by atoms with Gasteiger partial charge in [-0.15, -0.1) is 0 Å². The van der Waals surface area contributed by atoms with Crippen LogP contribution in [0.3, 0.4) is 0 Å². The number of ether oxygens (including phenoxy) is 3. The summed E-state index contributed by atoms with van der Waals surface area (Å²) in [4.78, 5) is 2.32. The first-order chi connectivity index (χ1) is 10.1. The van der Waals surface area contributed by atoms with Crippen molar-refractivity contribution >= 4 is 0 Å². The molecule has 1 aliphatic heterocycles. The Hall–Kier alpha value is -1.14. The van der Waals surface area contributed by atoms with E-state index in [4.69, 9.17) is 19.9 Å². The van der Waals surface area contributed by atoms with Crippen LogP contribution in [0.15, 0.2) is 24.3 Å². The number of para-hydroxylation sites is 1. The number of likely N-dealkylation sites (tertiary alicyclic amines) is 1. The summed E-state index contributed by atoms with van der Waals surface area (Å²) in [6.45, 7) is 3.64. The van der Waals surface area contributed by atoms with E-state index in [1.54, 1.807) is 21.3 Å². The molecule has 0 spiro atoms. The van der Waals surface area contributed by atoms with Gasteiger partial charge in [0.2, 0.25) is 0 Å². The molecule has 0 aliphatic carbocycles. The Morgan fingerprint density at radius 2 is 1.67 bits per heavy atom. The second-order valence-corrected chi connectivity index (χ2v) is 5.55. The fraction of sp³-hybridized carbons (Fsp3) is 0.625. The normalized spacial score (nSPS) is 25.8. The number of benzene rings is 1. The first-order valence-electron chi connectivity index (χ1n) is 7.30. The molecule has 5 heteroatoms. The van der Waals surface area contributed by atoms with Gasteiger partial charge in [0.25, 0.3) is 0 Å². The third kappa shape index (κ3) is 3.37. The van der Waals surface area contributed by atoms with Crippen LogP contribution in [0.4, 0.5) is 0 Å². The minimum absolute atomic E-state index is 0.0191. The number of nitrogens with zero attached hydrogens (tertiary/aromatic N) is 1. The van der Waals surface area contributed by atoms with E-state index in [1.807, 2.05) is 25.1 Å². The molecule has 1 fully saturated rings. The van der Waals surface area contributed by atoms with Crippen molar-refractivity contribution in [1.29, 1.82) is 0 Å². The molecule has 1 heterocycles. The van der Waals surface area contributed by atoms with E-state index < -0.39 is 0 Å². The Balaban J connectivity index is 2.28. The van der Waals surface area contributed by atoms with Crippen molar-refractivity contribution in [2.24, 2.45) is 5.73 Å². The fourth-order valence-corrected chi connectivity index (χ4v) is 3.17. The molecular weight excluding hydrogens is 268 g/mol. The Morgan fingerprint density at radius 1 is 1.10 bits per heavy atom. The quantitative estimate of drug-likeness (QED) is 0.860.